The number of hydrogen-bond acceptors (Lipinski definition) is 3. The second-order valence-corrected chi connectivity index (χ2v) is 8.43. The summed E-state index contributed by atoms with van der Waals surface area (Å²) >= 11 is 0. The number of nitrogens with one attached hydrogen (secondary N) is 2. The highest BCUT2D eigenvalue weighted by molar-refractivity contribution is 5.98. The third kappa shape index (κ3) is 2.75. The normalized spacial score (nSPS) is 16.6. The van der Waals surface area contributed by atoms with Gasteiger partial charge in [-0.25, -0.2) is 0 Å². The number of amides is 1. The van der Waals surface area contributed by atoms with Crippen LogP contribution in [-0.4, -0.2) is 40.6 Å². The van der Waals surface area contributed by atoms with E-state index in [1.54, 1.807) is 7.11 Å². The van der Waals surface area contributed by atoms with Gasteiger partial charge in [-0.15, -0.1) is 0 Å². The second-order valence-electron chi connectivity index (χ2n) is 8.43. The first-order valence-electron chi connectivity index (χ1n) is 10.7. The SMILES string of the molecule is COc1ccc2c(c1)NC1(CCN(C(=O)c3ccc4[nH]ccc4c3)CC1)c1cccn1-2. The largest absolute Gasteiger partial charge is 0.497 e. The van der Waals surface area contributed by atoms with Crippen LogP contribution >= 0.6 is 0 Å². The smallest absolute Gasteiger partial charge is 0.253 e. The van der Waals surface area contributed by atoms with Crippen LogP contribution in [-0.2, 0) is 5.54 Å². The van der Waals surface area contributed by atoms with E-state index in [4.69, 9.17) is 4.74 Å². The molecule has 0 saturated carbocycles. The van der Waals surface area contributed by atoms with Crippen LogP contribution in [0.3, 0.4) is 0 Å². The standard InChI is InChI=1S/C25H24N4O2/c1-31-19-5-7-22-21(16-19)27-25(23-3-2-12-29(22)23)9-13-28(14-10-25)24(30)18-4-6-20-17(15-18)8-11-26-20/h2-8,11-12,15-16,26-27H,9-10,13-14H2,1H3. The molecule has 6 heteroatoms. The molecule has 31 heavy (non-hydrogen) atoms. The molecule has 2 aromatic heterocycles. The Kier molecular flexibility index (Phi) is 3.90. The maximum atomic E-state index is 13.2. The fourth-order valence-electron chi connectivity index (χ4n) is 5.10. The number of ether oxygens (including phenoxy) is 1. The van der Waals surface area contributed by atoms with Crippen molar-refractivity contribution in [2.45, 2.75) is 18.4 Å². The summed E-state index contributed by atoms with van der Waals surface area (Å²) in [4.78, 5) is 18.4. The molecule has 4 heterocycles. The Labute approximate surface area is 180 Å². The average molecular weight is 412 g/mol. The van der Waals surface area contributed by atoms with Crippen LogP contribution in [0.15, 0.2) is 67.0 Å². The first-order chi connectivity index (χ1) is 15.2. The van der Waals surface area contributed by atoms with Gasteiger partial charge in [0, 0.05) is 53.7 Å². The highest BCUT2D eigenvalue weighted by Gasteiger charge is 2.42. The molecular formula is C25H24N4O2. The van der Waals surface area contributed by atoms with Crippen molar-refractivity contribution in [2.24, 2.45) is 0 Å². The number of H-pyrrole nitrogens is 1. The van der Waals surface area contributed by atoms with E-state index in [2.05, 4.69) is 45.3 Å². The number of carbonyl (C=O) groups is 1. The van der Waals surface area contributed by atoms with E-state index in [1.807, 2.05) is 41.4 Å². The lowest BCUT2D eigenvalue weighted by Gasteiger charge is -2.46. The van der Waals surface area contributed by atoms with Gasteiger partial charge in [-0.05, 0) is 61.4 Å². The number of aromatic nitrogens is 2. The summed E-state index contributed by atoms with van der Waals surface area (Å²) in [5, 5.41) is 4.87. The number of fused-ring (bicyclic) bond motifs is 5. The Morgan fingerprint density at radius 2 is 1.94 bits per heavy atom. The molecule has 2 N–H and O–H groups in total. The third-order valence-corrected chi connectivity index (χ3v) is 6.78. The first-order valence-corrected chi connectivity index (χ1v) is 10.7. The number of carbonyl (C=O) groups excluding carboxylic acids is 1. The highest BCUT2D eigenvalue weighted by atomic mass is 16.5. The van der Waals surface area contributed by atoms with Crippen LogP contribution < -0.4 is 10.1 Å². The lowest BCUT2D eigenvalue weighted by atomic mass is 9.82. The predicted molar refractivity (Wildman–Crippen MR) is 121 cm³/mol. The summed E-state index contributed by atoms with van der Waals surface area (Å²) in [7, 11) is 1.69. The number of rotatable bonds is 2. The lowest BCUT2D eigenvalue weighted by molar-refractivity contribution is 0.0676. The number of aromatic amines is 1. The van der Waals surface area contributed by atoms with Gasteiger partial charge in [-0.2, -0.15) is 0 Å². The Bertz CT molecular complexity index is 1290. The molecule has 6 rings (SSSR count). The van der Waals surface area contributed by atoms with Gasteiger partial charge in [0.25, 0.3) is 5.91 Å². The summed E-state index contributed by atoms with van der Waals surface area (Å²) in [5.74, 6) is 0.941. The van der Waals surface area contributed by atoms with E-state index >= 15 is 0 Å². The number of methoxy groups -OCH3 is 1. The van der Waals surface area contributed by atoms with E-state index in [9.17, 15) is 4.79 Å². The summed E-state index contributed by atoms with van der Waals surface area (Å²) in [6.07, 6.45) is 5.73. The van der Waals surface area contributed by atoms with Gasteiger partial charge in [0.2, 0.25) is 0 Å². The molecule has 1 amide bonds. The zero-order valence-corrected chi connectivity index (χ0v) is 17.4. The Hall–Kier alpha value is -3.67. The summed E-state index contributed by atoms with van der Waals surface area (Å²) in [6, 6.07) is 18.3. The van der Waals surface area contributed by atoms with Crippen molar-refractivity contribution < 1.29 is 9.53 Å². The summed E-state index contributed by atoms with van der Waals surface area (Å²) in [6.45, 7) is 1.42. The monoisotopic (exact) mass is 412 g/mol. The second kappa shape index (κ2) is 6.67. The van der Waals surface area contributed by atoms with E-state index in [-0.39, 0.29) is 11.4 Å². The van der Waals surface area contributed by atoms with Crippen LogP contribution in [0, 0.1) is 0 Å². The number of nitrogens with zero attached hydrogens (tertiary/aromatic N) is 2. The summed E-state index contributed by atoms with van der Waals surface area (Å²) < 4.78 is 7.71. The predicted octanol–water partition coefficient (Wildman–Crippen LogP) is 4.52. The molecule has 0 atom stereocenters. The number of likely N-dealkylation sites (tertiary alicyclic amines) is 1. The van der Waals surface area contributed by atoms with Gasteiger partial charge in [0.05, 0.1) is 24.0 Å². The molecule has 1 saturated heterocycles. The molecule has 2 aromatic carbocycles. The van der Waals surface area contributed by atoms with Crippen molar-refractivity contribution in [3.8, 4) is 11.4 Å². The highest BCUT2D eigenvalue weighted by Crippen LogP contribution is 2.44. The van der Waals surface area contributed by atoms with E-state index < -0.39 is 0 Å². The lowest BCUT2D eigenvalue weighted by Crippen LogP contribution is -2.51. The first kappa shape index (κ1) is 18.1. The minimum absolute atomic E-state index is 0.103. The molecule has 0 aliphatic carbocycles. The molecule has 0 radical (unpaired) electrons. The van der Waals surface area contributed by atoms with Crippen LogP contribution in [0.25, 0.3) is 16.6 Å². The maximum absolute atomic E-state index is 13.2. The van der Waals surface area contributed by atoms with Gasteiger partial charge >= 0.3 is 0 Å². The molecule has 2 aliphatic rings. The van der Waals surface area contributed by atoms with Gasteiger partial charge in [-0.1, -0.05) is 0 Å². The topological polar surface area (TPSA) is 62.3 Å². The zero-order valence-electron chi connectivity index (χ0n) is 17.4. The van der Waals surface area contributed by atoms with E-state index in [1.165, 1.54) is 5.69 Å². The van der Waals surface area contributed by atoms with Gasteiger partial charge in [0.15, 0.2) is 0 Å². The summed E-state index contributed by atoms with van der Waals surface area (Å²) in [5.41, 5.74) is 5.06. The molecular weight excluding hydrogens is 388 g/mol. The minimum atomic E-state index is -0.190. The molecule has 6 nitrogen and oxygen atoms in total. The Morgan fingerprint density at radius 3 is 2.77 bits per heavy atom. The number of hydrogen-bond donors (Lipinski definition) is 2. The van der Waals surface area contributed by atoms with Crippen LogP contribution in [0.2, 0.25) is 0 Å². The minimum Gasteiger partial charge on any atom is -0.497 e. The van der Waals surface area contributed by atoms with Crippen molar-refractivity contribution in [1.82, 2.24) is 14.5 Å². The molecule has 0 bridgehead atoms. The molecule has 2 aliphatic heterocycles. The van der Waals surface area contributed by atoms with E-state index in [0.717, 1.165) is 46.4 Å². The third-order valence-electron chi connectivity index (χ3n) is 6.78. The van der Waals surface area contributed by atoms with Crippen molar-refractivity contribution >= 4 is 22.5 Å². The number of anilines is 1. The molecule has 4 aromatic rings. The molecule has 0 unspecified atom stereocenters. The zero-order chi connectivity index (χ0) is 21.0. The van der Waals surface area contributed by atoms with Crippen molar-refractivity contribution in [1.29, 1.82) is 0 Å². The quantitative estimate of drug-likeness (QED) is 0.509. The van der Waals surface area contributed by atoms with Crippen LogP contribution in [0.4, 0.5) is 5.69 Å². The maximum Gasteiger partial charge on any atom is 0.253 e. The van der Waals surface area contributed by atoms with Crippen molar-refractivity contribution in [3.63, 3.8) is 0 Å². The van der Waals surface area contributed by atoms with Crippen molar-refractivity contribution in [3.05, 3.63) is 78.2 Å². The van der Waals surface area contributed by atoms with Crippen LogP contribution in [0.5, 0.6) is 5.75 Å². The number of piperidine rings is 1. The van der Waals surface area contributed by atoms with Gasteiger partial charge in [-0.3, -0.25) is 4.79 Å². The molecule has 156 valence electrons. The van der Waals surface area contributed by atoms with Crippen LogP contribution in [0.1, 0.15) is 28.9 Å². The van der Waals surface area contributed by atoms with E-state index in [0.29, 0.717) is 13.1 Å². The molecule has 1 spiro atoms. The van der Waals surface area contributed by atoms with Gasteiger partial charge in [0.1, 0.15) is 5.75 Å². The molecule has 1 fully saturated rings. The fraction of sp³-hybridized carbons (Fsp3) is 0.240. The van der Waals surface area contributed by atoms with Crippen molar-refractivity contribution in [2.75, 3.05) is 25.5 Å². The van der Waals surface area contributed by atoms with Gasteiger partial charge < -0.3 is 24.5 Å². The average Bonchev–Trinajstić information content (AvgIpc) is 3.48. The Balaban J connectivity index is 1.28. The fourth-order valence-corrected chi connectivity index (χ4v) is 5.10. The Morgan fingerprint density at radius 1 is 1.06 bits per heavy atom. The number of benzene rings is 2.